The molecule has 0 spiro atoms. The summed E-state index contributed by atoms with van der Waals surface area (Å²) >= 11 is 3.37. The van der Waals surface area contributed by atoms with Gasteiger partial charge in [0, 0.05) is 16.7 Å². The SMILES string of the molecule is Cc1cc(Oc2cc(C)c(Br)cn2)ccc1F. The molecule has 2 aromatic rings. The molecule has 0 fully saturated rings. The van der Waals surface area contributed by atoms with Crippen LogP contribution in [0.25, 0.3) is 0 Å². The van der Waals surface area contributed by atoms with Gasteiger partial charge in [0.15, 0.2) is 0 Å². The van der Waals surface area contributed by atoms with Crippen molar-refractivity contribution in [2.45, 2.75) is 13.8 Å². The Hall–Kier alpha value is -1.42. The maximum atomic E-state index is 13.1. The van der Waals surface area contributed by atoms with E-state index in [1.54, 1.807) is 25.3 Å². The molecule has 0 radical (unpaired) electrons. The fourth-order valence-electron chi connectivity index (χ4n) is 1.37. The minimum absolute atomic E-state index is 0.239. The Bertz CT molecular complexity index is 508. The van der Waals surface area contributed by atoms with E-state index in [1.165, 1.54) is 6.07 Å². The van der Waals surface area contributed by atoms with Crippen molar-refractivity contribution in [3.05, 3.63) is 51.9 Å². The van der Waals surface area contributed by atoms with Crippen LogP contribution in [0.3, 0.4) is 0 Å². The Kier molecular flexibility index (Phi) is 3.43. The highest BCUT2D eigenvalue weighted by Crippen LogP contribution is 2.24. The second-order valence-electron chi connectivity index (χ2n) is 3.78. The summed E-state index contributed by atoms with van der Waals surface area (Å²) in [5, 5.41) is 0. The normalized spacial score (nSPS) is 10.4. The summed E-state index contributed by atoms with van der Waals surface area (Å²) in [5.41, 5.74) is 1.59. The number of aryl methyl sites for hydroxylation is 2. The molecule has 1 aromatic carbocycles. The summed E-state index contributed by atoms with van der Waals surface area (Å²) in [5.74, 6) is 0.840. The van der Waals surface area contributed by atoms with E-state index in [2.05, 4.69) is 20.9 Å². The van der Waals surface area contributed by atoms with E-state index >= 15 is 0 Å². The first-order valence-electron chi connectivity index (χ1n) is 5.12. The van der Waals surface area contributed by atoms with Crippen LogP contribution in [0.2, 0.25) is 0 Å². The highest BCUT2D eigenvalue weighted by Gasteiger charge is 2.04. The quantitative estimate of drug-likeness (QED) is 0.820. The third-order valence-corrected chi connectivity index (χ3v) is 3.20. The van der Waals surface area contributed by atoms with Crippen LogP contribution in [-0.4, -0.2) is 4.98 Å². The van der Waals surface area contributed by atoms with Gasteiger partial charge in [0.2, 0.25) is 5.88 Å². The summed E-state index contributed by atoms with van der Waals surface area (Å²) in [7, 11) is 0. The summed E-state index contributed by atoms with van der Waals surface area (Å²) in [6.07, 6.45) is 1.68. The maximum absolute atomic E-state index is 13.1. The lowest BCUT2D eigenvalue weighted by molar-refractivity contribution is 0.460. The van der Waals surface area contributed by atoms with Crippen molar-refractivity contribution in [3.63, 3.8) is 0 Å². The standard InChI is InChI=1S/C13H11BrFNO/c1-8-6-13(16-7-11(8)14)17-10-3-4-12(15)9(2)5-10/h3-7H,1-2H3. The van der Waals surface area contributed by atoms with Gasteiger partial charge in [0.25, 0.3) is 0 Å². The summed E-state index contributed by atoms with van der Waals surface area (Å²) in [6, 6.07) is 6.44. The van der Waals surface area contributed by atoms with Crippen LogP contribution in [0.15, 0.2) is 34.9 Å². The number of aromatic nitrogens is 1. The van der Waals surface area contributed by atoms with Crippen molar-refractivity contribution in [1.82, 2.24) is 4.98 Å². The van der Waals surface area contributed by atoms with Gasteiger partial charge in [-0.1, -0.05) is 0 Å². The Morgan fingerprint density at radius 3 is 2.59 bits per heavy atom. The minimum atomic E-state index is -0.239. The molecular formula is C13H11BrFNO. The number of pyridine rings is 1. The summed E-state index contributed by atoms with van der Waals surface area (Å²) in [4.78, 5) is 4.12. The Labute approximate surface area is 108 Å². The van der Waals surface area contributed by atoms with Gasteiger partial charge in [-0.15, -0.1) is 0 Å². The maximum Gasteiger partial charge on any atom is 0.219 e. The van der Waals surface area contributed by atoms with Crippen molar-refractivity contribution in [1.29, 1.82) is 0 Å². The molecule has 0 N–H and O–H groups in total. The molecule has 1 heterocycles. The highest BCUT2D eigenvalue weighted by molar-refractivity contribution is 9.10. The van der Waals surface area contributed by atoms with E-state index in [-0.39, 0.29) is 5.82 Å². The lowest BCUT2D eigenvalue weighted by Gasteiger charge is -2.07. The molecule has 2 rings (SSSR count). The molecule has 0 aliphatic carbocycles. The van der Waals surface area contributed by atoms with Gasteiger partial charge in [-0.2, -0.15) is 0 Å². The van der Waals surface area contributed by atoms with Crippen LogP contribution in [-0.2, 0) is 0 Å². The number of nitrogens with zero attached hydrogens (tertiary/aromatic N) is 1. The topological polar surface area (TPSA) is 22.1 Å². The van der Waals surface area contributed by atoms with E-state index in [0.717, 1.165) is 10.0 Å². The lowest BCUT2D eigenvalue weighted by atomic mass is 10.2. The van der Waals surface area contributed by atoms with Crippen molar-refractivity contribution in [2.24, 2.45) is 0 Å². The van der Waals surface area contributed by atoms with E-state index in [1.807, 2.05) is 13.0 Å². The van der Waals surface area contributed by atoms with Crippen molar-refractivity contribution < 1.29 is 9.13 Å². The Morgan fingerprint density at radius 1 is 1.18 bits per heavy atom. The summed E-state index contributed by atoms with van der Waals surface area (Å²) in [6.45, 7) is 3.65. The minimum Gasteiger partial charge on any atom is -0.439 e. The average molecular weight is 296 g/mol. The van der Waals surface area contributed by atoms with Gasteiger partial charge in [-0.3, -0.25) is 0 Å². The number of halogens is 2. The van der Waals surface area contributed by atoms with Crippen LogP contribution in [0.5, 0.6) is 11.6 Å². The van der Waals surface area contributed by atoms with Crippen molar-refractivity contribution in [3.8, 4) is 11.6 Å². The molecule has 17 heavy (non-hydrogen) atoms. The lowest BCUT2D eigenvalue weighted by Crippen LogP contribution is -1.91. The zero-order chi connectivity index (χ0) is 12.4. The molecule has 0 unspecified atom stereocenters. The molecule has 0 saturated heterocycles. The molecule has 1 aromatic heterocycles. The van der Waals surface area contributed by atoms with Gasteiger partial charge in [-0.25, -0.2) is 9.37 Å². The summed E-state index contributed by atoms with van der Waals surface area (Å²) < 4.78 is 19.6. The van der Waals surface area contributed by atoms with Crippen LogP contribution >= 0.6 is 15.9 Å². The molecule has 88 valence electrons. The number of rotatable bonds is 2. The number of hydrogen-bond donors (Lipinski definition) is 0. The third kappa shape index (κ3) is 2.82. The molecule has 0 saturated carbocycles. The van der Waals surface area contributed by atoms with Gasteiger partial charge in [-0.05, 0) is 59.1 Å². The second-order valence-corrected chi connectivity index (χ2v) is 4.64. The van der Waals surface area contributed by atoms with Crippen LogP contribution in [0.1, 0.15) is 11.1 Å². The third-order valence-electron chi connectivity index (χ3n) is 2.37. The predicted octanol–water partition coefficient (Wildman–Crippen LogP) is 4.39. The molecule has 0 aliphatic rings. The zero-order valence-electron chi connectivity index (χ0n) is 9.50. The van der Waals surface area contributed by atoms with E-state index in [0.29, 0.717) is 17.2 Å². The monoisotopic (exact) mass is 295 g/mol. The van der Waals surface area contributed by atoms with E-state index in [4.69, 9.17) is 4.74 Å². The fraction of sp³-hybridized carbons (Fsp3) is 0.154. The molecular weight excluding hydrogens is 285 g/mol. The van der Waals surface area contributed by atoms with Gasteiger partial charge < -0.3 is 4.74 Å². The average Bonchev–Trinajstić information content (AvgIpc) is 2.29. The van der Waals surface area contributed by atoms with Gasteiger partial charge in [0.05, 0.1) is 0 Å². The van der Waals surface area contributed by atoms with E-state index < -0.39 is 0 Å². The Morgan fingerprint density at radius 2 is 1.94 bits per heavy atom. The molecule has 2 nitrogen and oxygen atoms in total. The zero-order valence-corrected chi connectivity index (χ0v) is 11.1. The first kappa shape index (κ1) is 12.0. The van der Waals surface area contributed by atoms with Crippen LogP contribution in [0, 0.1) is 19.7 Å². The molecule has 0 aliphatic heterocycles. The largest absolute Gasteiger partial charge is 0.439 e. The highest BCUT2D eigenvalue weighted by atomic mass is 79.9. The number of ether oxygens (including phenoxy) is 1. The molecule has 0 atom stereocenters. The van der Waals surface area contributed by atoms with Crippen LogP contribution < -0.4 is 4.74 Å². The van der Waals surface area contributed by atoms with E-state index in [9.17, 15) is 4.39 Å². The number of benzene rings is 1. The molecule has 4 heteroatoms. The fourth-order valence-corrected chi connectivity index (χ4v) is 1.59. The molecule has 0 amide bonds. The first-order chi connectivity index (χ1) is 8.06. The smallest absolute Gasteiger partial charge is 0.219 e. The van der Waals surface area contributed by atoms with Gasteiger partial charge >= 0.3 is 0 Å². The molecule has 0 bridgehead atoms. The predicted molar refractivity (Wildman–Crippen MR) is 67.9 cm³/mol. The van der Waals surface area contributed by atoms with Gasteiger partial charge in [0.1, 0.15) is 11.6 Å². The van der Waals surface area contributed by atoms with Crippen molar-refractivity contribution >= 4 is 15.9 Å². The van der Waals surface area contributed by atoms with Crippen LogP contribution in [0.4, 0.5) is 4.39 Å². The number of hydrogen-bond acceptors (Lipinski definition) is 2. The first-order valence-corrected chi connectivity index (χ1v) is 5.92. The van der Waals surface area contributed by atoms with Crippen molar-refractivity contribution in [2.75, 3.05) is 0 Å². The second kappa shape index (κ2) is 4.84. The Balaban J connectivity index is 2.25.